The second kappa shape index (κ2) is 9.62. The molecule has 0 unspecified atom stereocenters. The molecule has 1 aliphatic carbocycles. The van der Waals surface area contributed by atoms with E-state index in [2.05, 4.69) is 23.1 Å². The molecule has 1 amide bonds. The van der Waals surface area contributed by atoms with Crippen LogP contribution in [-0.2, 0) is 14.8 Å². The first-order valence-corrected chi connectivity index (χ1v) is 13.0. The highest BCUT2D eigenvalue weighted by Crippen LogP contribution is 2.48. The fourth-order valence-corrected chi connectivity index (χ4v) is 6.50. The second-order valence-corrected chi connectivity index (χ2v) is 10.5. The van der Waals surface area contributed by atoms with Crippen LogP contribution in [0, 0.1) is 5.41 Å². The Labute approximate surface area is 201 Å². The van der Waals surface area contributed by atoms with E-state index in [1.807, 2.05) is 24.3 Å². The predicted octanol–water partition coefficient (Wildman–Crippen LogP) is 4.89. The van der Waals surface area contributed by atoms with Crippen molar-refractivity contribution in [3.63, 3.8) is 0 Å². The summed E-state index contributed by atoms with van der Waals surface area (Å²) >= 11 is 0. The number of benzene rings is 2. The first-order chi connectivity index (χ1) is 16.3. The molecule has 0 aromatic heterocycles. The van der Waals surface area contributed by atoms with Crippen LogP contribution in [0.5, 0.6) is 5.75 Å². The lowest BCUT2D eigenvalue weighted by Gasteiger charge is -2.33. The van der Waals surface area contributed by atoms with Crippen LogP contribution in [0.4, 0.5) is 10.5 Å². The normalized spacial score (nSPS) is 19.2. The molecule has 0 fully saturated rings. The van der Waals surface area contributed by atoms with E-state index in [1.54, 1.807) is 31.4 Å². The van der Waals surface area contributed by atoms with E-state index < -0.39 is 16.1 Å². The summed E-state index contributed by atoms with van der Waals surface area (Å²) in [4.78, 5) is 11.6. The number of alkyl carbamates (subject to hydrolysis) is 1. The van der Waals surface area contributed by atoms with E-state index in [0.29, 0.717) is 24.4 Å². The molecule has 1 N–H and O–H groups in total. The van der Waals surface area contributed by atoms with Crippen LogP contribution in [0.15, 0.2) is 59.5 Å². The largest absolute Gasteiger partial charge is 0.497 e. The van der Waals surface area contributed by atoms with Crippen molar-refractivity contribution in [2.75, 3.05) is 20.8 Å². The van der Waals surface area contributed by atoms with Gasteiger partial charge in [0.1, 0.15) is 10.6 Å². The number of para-hydroxylation sites is 1. The maximum absolute atomic E-state index is 13.8. The number of nitrogens with one attached hydrogen (secondary N) is 1. The maximum atomic E-state index is 13.8. The summed E-state index contributed by atoms with van der Waals surface area (Å²) in [6, 6.07) is 14.2. The number of hydrogen-bond acceptors (Lipinski definition) is 5. The number of fused-ring (bicyclic) bond motifs is 3. The zero-order valence-corrected chi connectivity index (χ0v) is 20.7. The monoisotopic (exact) mass is 483 g/mol. The summed E-state index contributed by atoms with van der Waals surface area (Å²) in [7, 11) is -0.874. The zero-order valence-electron chi connectivity index (χ0n) is 19.8. The van der Waals surface area contributed by atoms with E-state index in [-0.39, 0.29) is 10.3 Å². The first kappa shape index (κ1) is 24.0. The third kappa shape index (κ3) is 4.34. The van der Waals surface area contributed by atoms with Gasteiger partial charge in [0.2, 0.25) is 11.4 Å². The van der Waals surface area contributed by atoms with Gasteiger partial charge in [-0.05, 0) is 61.4 Å². The third-order valence-corrected chi connectivity index (χ3v) is 8.65. The average Bonchev–Trinajstić information content (AvgIpc) is 3.20. The zero-order chi connectivity index (χ0) is 24.3. The van der Waals surface area contributed by atoms with Crippen molar-refractivity contribution < 1.29 is 26.7 Å². The number of rotatable bonds is 8. The summed E-state index contributed by atoms with van der Waals surface area (Å²) in [5, 5.41) is 2.74. The number of carbonyl (C=O) groups is 1. The van der Waals surface area contributed by atoms with Gasteiger partial charge < -0.3 is 14.8 Å². The minimum atomic E-state index is -3.79. The fraction of sp³-hybridized carbons (Fsp3) is 0.385. The van der Waals surface area contributed by atoms with Gasteiger partial charge in [-0.15, -0.1) is 0 Å². The number of sulfonamides is 1. The molecule has 0 saturated heterocycles. The number of hydrogen-bond donors (Lipinski definition) is 1. The van der Waals surface area contributed by atoms with Gasteiger partial charge in [-0.3, -0.25) is 0 Å². The molecule has 0 bridgehead atoms. The Morgan fingerprint density at radius 1 is 1.12 bits per heavy atom. The van der Waals surface area contributed by atoms with Crippen molar-refractivity contribution in [1.82, 2.24) is 5.32 Å². The number of carbonyl (C=O) groups excluding carboxylic acids is 1. The van der Waals surface area contributed by atoms with Gasteiger partial charge >= 0.3 is 16.1 Å². The van der Waals surface area contributed by atoms with Gasteiger partial charge in [-0.1, -0.05) is 29.1 Å². The molecule has 2 aliphatic rings. The lowest BCUT2D eigenvalue weighted by molar-refractivity contribution is -0.258. The molecule has 0 saturated carbocycles. The topological polar surface area (TPSA) is 84.7 Å². The van der Waals surface area contributed by atoms with Crippen LogP contribution in [0.3, 0.4) is 0 Å². The lowest BCUT2D eigenvalue weighted by Crippen LogP contribution is -2.30. The molecule has 4 rings (SSSR count). The molecule has 1 aliphatic heterocycles. The quantitative estimate of drug-likeness (QED) is 0.427. The Kier molecular flexibility index (Phi) is 6.79. The molecule has 8 heteroatoms. The summed E-state index contributed by atoms with van der Waals surface area (Å²) in [5.74, 6) is 0.612. The standard InChI is InChI=1S/C26H30N2O5S/c1-4-26(15-7-17-27-25(29)33-3)16-14-24-22(18-26)21-8-5-6-9-23(21)28(24)34(30,31)20-12-10-19(32-2)11-13-20/h5-6,8-13,18H,4,7,14-17H2,1-3H3/p+1/t26-/m1/s1. The molecule has 1 atom stereocenters. The van der Waals surface area contributed by atoms with Crippen LogP contribution in [0.1, 0.15) is 44.6 Å². The molecule has 7 nitrogen and oxygen atoms in total. The molecule has 180 valence electrons. The van der Waals surface area contributed by atoms with Crippen molar-refractivity contribution in [3.05, 3.63) is 60.2 Å². The van der Waals surface area contributed by atoms with E-state index >= 15 is 0 Å². The Balaban J connectivity index is 1.72. The fourth-order valence-electron chi connectivity index (χ4n) is 4.92. The lowest BCUT2D eigenvalue weighted by atomic mass is 9.70. The average molecular weight is 484 g/mol. The van der Waals surface area contributed by atoms with Gasteiger partial charge in [-0.25, -0.2) is 4.79 Å². The molecule has 0 radical (unpaired) electrons. The summed E-state index contributed by atoms with van der Waals surface area (Å²) in [6.07, 6.45) is 6.01. The van der Waals surface area contributed by atoms with Gasteiger partial charge in [0.05, 0.1) is 25.4 Å². The van der Waals surface area contributed by atoms with Gasteiger partial charge in [0, 0.05) is 19.0 Å². The Bertz CT molecular complexity index is 1250. The van der Waals surface area contributed by atoms with Crippen LogP contribution in [0.2, 0.25) is 0 Å². The highest BCUT2D eigenvalue weighted by molar-refractivity contribution is 7.85. The number of amides is 1. The van der Waals surface area contributed by atoms with Crippen molar-refractivity contribution in [2.24, 2.45) is 5.41 Å². The molecular formula is C26H31N2O5S+. The number of methoxy groups -OCH3 is 2. The first-order valence-electron chi connectivity index (χ1n) is 11.5. The number of nitrogens with zero attached hydrogens (tertiary/aromatic N) is 1. The summed E-state index contributed by atoms with van der Waals surface area (Å²) < 4.78 is 38.9. The molecule has 34 heavy (non-hydrogen) atoms. The molecule has 2 aromatic rings. The van der Waals surface area contributed by atoms with E-state index in [0.717, 1.165) is 42.5 Å². The van der Waals surface area contributed by atoms with Gasteiger partial charge in [0.15, 0.2) is 0 Å². The highest BCUT2D eigenvalue weighted by atomic mass is 32.2. The minimum absolute atomic E-state index is 0.0520. The molecule has 1 heterocycles. The van der Waals surface area contributed by atoms with Crippen molar-refractivity contribution in [3.8, 4) is 5.75 Å². The Hall–Kier alpha value is -3.13. The SMILES string of the molecule is CC[C@]1(CCCNC(=O)OC)C=C2C(=[N+](S(=O)(=O)c3ccc(OC)cc3)c3ccccc32)CC1. The highest BCUT2D eigenvalue weighted by Gasteiger charge is 2.47. The van der Waals surface area contributed by atoms with E-state index in [4.69, 9.17) is 4.74 Å². The van der Waals surface area contributed by atoms with Crippen molar-refractivity contribution in [1.29, 1.82) is 0 Å². The van der Waals surface area contributed by atoms with Crippen molar-refractivity contribution >= 4 is 33.1 Å². The van der Waals surface area contributed by atoms with E-state index in [1.165, 1.54) is 11.1 Å². The van der Waals surface area contributed by atoms with Crippen LogP contribution in [0.25, 0.3) is 5.57 Å². The van der Waals surface area contributed by atoms with E-state index in [9.17, 15) is 13.2 Å². The van der Waals surface area contributed by atoms with Crippen LogP contribution in [-0.4, -0.2) is 45.0 Å². The summed E-state index contributed by atoms with van der Waals surface area (Å²) in [5.41, 5.74) is 3.41. The summed E-state index contributed by atoms with van der Waals surface area (Å²) in [6.45, 7) is 2.71. The maximum Gasteiger partial charge on any atom is 0.406 e. The number of allylic oxidation sites excluding steroid dienone is 2. The smallest absolute Gasteiger partial charge is 0.406 e. The third-order valence-electron chi connectivity index (χ3n) is 6.89. The second-order valence-electron chi connectivity index (χ2n) is 8.70. The van der Waals surface area contributed by atoms with Gasteiger partial charge in [0.25, 0.3) is 0 Å². The Morgan fingerprint density at radius 3 is 2.53 bits per heavy atom. The Morgan fingerprint density at radius 2 is 1.85 bits per heavy atom. The molecule has 0 spiro atoms. The predicted molar refractivity (Wildman–Crippen MR) is 131 cm³/mol. The van der Waals surface area contributed by atoms with Gasteiger partial charge in [-0.2, -0.15) is 8.42 Å². The van der Waals surface area contributed by atoms with Crippen molar-refractivity contribution in [2.45, 2.75) is 43.9 Å². The minimum Gasteiger partial charge on any atom is -0.497 e. The number of ether oxygens (including phenoxy) is 2. The molecule has 2 aromatic carbocycles. The van der Waals surface area contributed by atoms with Crippen LogP contribution < -0.4 is 10.1 Å². The van der Waals surface area contributed by atoms with Crippen LogP contribution >= 0.6 is 0 Å². The molecular weight excluding hydrogens is 452 g/mol.